The molecular weight excluding hydrogens is 220 g/mol. The Morgan fingerprint density at radius 2 is 2.29 bits per heavy atom. The third-order valence-electron chi connectivity index (χ3n) is 3.65. The molecule has 1 unspecified atom stereocenters. The predicted octanol–water partition coefficient (Wildman–Crippen LogP) is 0.0502. The summed E-state index contributed by atoms with van der Waals surface area (Å²) in [6.45, 7) is 3.23. The molecule has 0 aromatic heterocycles. The van der Waals surface area contributed by atoms with Gasteiger partial charge in [0.2, 0.25) is 5.91 Å². The van der Waals surface area contributed by atoms with E-state index in [1.165, 1.54) is 0 Å². The van der Waals surface area contributed by atoms with E-state index >= 15 is 0 Å². The van der Waals surface area contributed by atoms with Crippen molar-refractivity contribution in [2.75, 3.05) is 33.4 Å². The Morgan fingerprint density at radius 3 is 3.00 bits per heavy atom. The van der Waals surface area contributed by atoms with E-state index in [0.717, 1.165) is 32.4 Å². The highest BCUT2D eigenvalue weighted by Crippen LogP contribution is 2.35. The zero-order valence-electron chi connectivity index (χ0n) is 10.5. The fraction of sp³-hybridized carbons (Fsp3) is 0.917. The minimum absolute atomic E-state index is 0.0282. The molecule has 17 heavy (non-hydrogen) atoms. The molecule has 2 rings (SSSR count). The van der Waals surface area contributed by atoms with E-state index in [1.807, 2.05) is 0 Å². The van der Waals surface area contributed by atoms with Gasteiger partial charge in [-0.3, -0.25) is 4.79 Å². The summed E-state index contributed by atoms with van der Waals surface area (Å²) in [6, 6.07) is 0. The summed E-state index contributed by atoms with van der Waals surface area (Å²) in [5.74, 6) is 0.0282. The molecule has 5 nitrogen and oxygen atoms in total. The first-order chi connectivity index (χ1) is 8.24. The molecule has 0 saturated carbocycles. The van der Waals surface area contributed by atoms with Gasteiger partial charge >= 0.3 is 0 Å². The number of nitrogens with one attached hydrogen (secondary N) is 2. The highest BCUT2D eigenvalue weighted by Gasteiger charge is 2.41. The van der Waals surface area contributed by atoms with Crippen LogP contribution >= 0.6 is 0 Å². The summed E-state index contributed by atoms with van der Waals surface area (Å²) in [5.41, 5.74) is 0.0446. The lowest BCUT2D eigenvalue weighted by Crippen LogP contribution is -2.41. The molecule has 1 atom stereocenters. The Morgan fingerprint density at radius 1 is 1.53 bits per heavy atom. The SMILES string of the molecule is CNC(=O)CCOC1COC2(CCNCC2)C1. The average Bonchev–Trinajstić information content (AvgIpc) is 2.73. The largest absolute Gasteiger partial charge is 0.375 e. The summed E-state index contributed by atoms with van der Waals surface area (Å²) < 4.78 is 11.6. The Balaban J connectivity index is 1.68. The van der Waals surface area contributed by atoms with Crippen LogP contribution in [0.5, 0.6) is 0 Å². The molecule has 2 saturated heterocycles. The molecule has 0 bridgehead atoms. The minimum Gasteiger partial charge on any atom is -0.375 e. The minimum atomic E-state index is 0.0282. The van der Waals surface area contributed by atoms with Gasteiger partial charge in [-0.25, -0.2) is 0 Å². The van der Waals surface area contributed by atoms with Gasteiger partial charge in [-0.15, -0.1) is 0 Å². The van der Waals surface area contributed by atoms with Crippen LogP contribution in [0.25, 0.3) is 0 Å². The van der Waals surface area contributed by atoms with Crippen molar-refractivity contribution in [2.45, 2.75) is 37.4 Å². The summed E-state index contributed by atoms with van der Waals surface area (Å²) in [4.78, 5) is 11.1. The first kappa shape index (κ1) is 12.8. The maximum atomic E-state index is 11.1. The monoisotopic (exact) mass is 242 g/mol. The van der Waals surface area contributed by atoms with Gasteiger partial charge in [0, 0.05) is 19.9 Å². The third-order valence-corrected chi connectivity index (χ3v) is 3.65. The Hall–Kier alpha value is -0.650. The topological polar surface area (TPSA) is 59.6 Å². The van der Waals surface area contributed by atoms with Crippen molar-refractivity contribution in [3.05, 3.63) is 0 Å². The standard InChI is InChI=1S/C12H22N2O3/c1-13-11(15)2-7-16-10-8-12(17-9-10)3-5-14-6-4-12/h10,14H,2-9H2,1H3,(H,13,15). The smallest absolute Gasteiger partial charge is 0.222 e. The quantitative estimate of drug-likeness (QED) is 0.731. The molecule has 2 heterocycles. The number of carbonyl (C=O) groups excluding carboxylic acids is 1. The number of amides is 1. The van der Waals surface area contributed by atoms with Crippen molar-refractivity contribution >= 4 is 5.91 Å². The first-order valence-corrected chi connectivity index (χ1v) is 6.41. The van der Waals surface area contributed by atoms with Gasteiger partial charge in [-0.1, -0.05) is 0 Å². The van der Waals surface area contributed by atoms with E-state index in [0.29, 0.717) is 19.6 Å². The lowest BCUT2D eigenvalue weighted by molar-refractivity contribution is -0.122. The van der Waals surface area contributed by atoms with Gasteiger partial charge in [-0.2, -0.15) is 0 Å². The second-order valence-corrected chi connectivity index (χ2v) is 4.86. The molecule has 1 amide bonds. The molecule has 98 valence electrons. The molecule has 0 radical (unpaired) electrons. The Kier molecular flexibility index (Phi) is 4.36. The number of rotatable bonds is 4. The van der Waals surface area contributed by atoms with Gasteiger partial charge in [0.15, 0.2) is 0 Å². The zero-order chi connectivity index (χ0) is 12.1. The number of carbonyl (C=O) groups is 1. The number of hydrogen-bond acceptors (Lipinski definition) is 4. The molecule has 0 aliphatic carbocycles. The summed E-state index contributed by atoms with van der Waals surface area (Å²) in [6.07, 6.45) is 3.71. The van der Waals surface area contributed by atoms with Crippen molar-refractivity contribution in [1.82, 2.24) is 10.6 Å². The molecule has 2 aliphatic rings. The van der Waals surface area contributed by atoms with E-state index in [2.05, 4.69) is 10.6 Å². The highest BCUT2D eigenvalue weighted by molar-refractivity contribution is 5.75. The molecule has 1 spiro atoms. The van der Waals surface area contributed by atoms with Crippen LogP contribution < -0.4 is 10.6 Å². The molecule has 2 aliphatic heterocycles. The molecule has 2 N–H and O–H groups in total. The average molecular weight is 242 g/mol. The van der Waals surface area contributed by atoms with E-state index in [9.17, 15) is 4.79 Å². The highest BCUT2D eigenvalue weighted by atomic mass is 16.6. The number of ether oxygens (including phenoxy) is 2. The molecule has 5 heteroatoms. The van der Waals surface area contributed by atoms with Crippen LogP contribution in [0.15, 0.2) is 0 Å². The van der Waals surface area contributed by atoms with Crippen molar-refractivity contribution in [3.63, 3.8) is 0 Å². The molecule has 0 aromatic carbocycles. The second kappa shape index (κ2) is 5.80. The summed E-state index contributed by atoms with van der Waals surface area (Å²) in [7, 11) is 1.64. The third kappa shape index (κ3) is 3.40. The van der Waals surface area contributed by atoms with Crippen LogP contribution in [0.2, 0.25) is 0 Å². The van der Waals surface area contributed by atoms with Crippen LogP contribution in [-0.4, -0.2) is 51.0 Å². The molecule has 2 fully saturated rings. The fourth-order valence-electron chi connectivity index (χ4n) is 2.58. The maximum absolute atomic E-state index is 11.1. The first-order valence-electron chi connectivity index (χ1n) is 6.41. The van der Waals surface area contributed by atoms with Crippen LogP contribution in [0.3, 0.4) is 0 Å². The lowest BCUT2D eigenvalue weighted by atomic mass is 9.89. The van der Waals surface area contributed by atoms with Gasteiger partial charge in [-0.05, 0) is 25.9 Å². The van der Waals surface area contributed by atoms with E-state index in [4.69, 9.17) is 9.47 Å². The van der Waals surface area contributed by atoms with Crippen LogP contribution in [0, 0.1) is 0 Å². The van der Waals surface area contributed by atoms with Crippen LogP contribution in [0.4, 0.5) is 0 Å². The van der Waals surface area contributed by atoms with E-state index in [1.54, 1.807) is 7.05 Å². The Labute approximate surface area is 102 Å². The second-order valence-electron chi connectivity index (χ2n) is 4.86. The van der Waals surface area contributed by atoms with Gasteiger partial charge in [0.05, 0.1) is 24.9 Å². The predicted molar refractivity (Wildman–Crippen MR) is 63.8 cm³/mol. The van der Waals surface area contributed by atoms with Gasteiger partial charge in [0.1, 0.15) is 0 Å². The summed E-state index contributed by atoms with van der Waals surface area (Å²) >= 11 is 0. The van der Waals surface area contributed by atoms with Crippen molar-refractivity contribution < 1.29 is 14.3 Å². The van der Waals surface area contributed by atoms with Crippen molar-refractivity contribution in [2.24, 2.45) is 0 Å². The van der Waals surface area contributed by atoms with Crippen molar-refractivity contribution in [3.8, 4) is 0 Å². The molecular formula is C12H22N2O3. The van der Waals surface area contributed by atoms with Gasteiger partial charge < -0.3 is 20.1 Å². The zero-order valence-corrected chi connectivity index (χ0v) is 10.5. The van der Waals surface area contributed by atoms with Gasteiger partial charge in [0.25, 0.3) is 0 Å². The summed E-state index contributed by atoms with van der Waals surface area (Å²) in [5, 5.41) is 5.93. The number of piperidine rings is 1. The van der Waals surface area contributed by atoms with Crippen LogP contribution in [0.1, 0.15) is 25.7 Å². The normalized spacial score (nSPS) is 27.2. The Bertz CT molecular complexity index is 264. The van der Waals surface area contributed by atoms with Crippen LogP contribution in [-0.2, 0) is 14.3 Å². The molecule has 0 aromatic rings. The van der Waals surface area contributed by atoms with E-state index < -0.39 is 0 Å². The number of hydrogen-bond donors (Lipinski definition) is 2. The fourth-order valence-corrected chi connectivity index (χ4v) is 2.58. The lowest BCUT2D eigenvalue weighted by Gasteiger charge is -2.32. The maximum Gasteiger partial charge on any atom is 0.222 e. The van der Waals surface area contributed by atoms with Crippen molar-refractivity contribution in [1.29, 1.82) is 0 Å². The van der Waals surface area contributed by atoms with E-state index in [-0.39, 0.29) is 17.6 Å².